The van der Waals surface area contributed by atoms with Crippen LogP contribution >= 0.6 is 24.0 Å². The Labute approximate surface area is 193 Å². The van der Waals surface area contributed by atoms with Gasteiger partial charge in [0.1, 0.15) is 0 Å². The molecule has 8 heteroatoms. The topological polar surface area (TPSA) is 72.4 Å². The van der Waals surface area contributed by atoms with Gasteiger partial charge >= 0.3 is 5.97 Å². The number of ether oxygens (including phenoxy) is 3. The summed E-state index contributed by atoms with van der Waals surface area (Å²) >= 11 is 0. The van der Waals surface area contributed by atoms with Crippen LogP contribution in [0.15, 0.2) is 4.99 Å². The molecule has 1 N–H and O–H groups in total. The molecule has 0 spiro atoms. The van der Waals surface area contributed by atoms with Crippen molar-refractivity contribution >= 4 is 35.9 Å². The van der Waals surface area contributed by atoms with Gasteiger partial charge in [0.25, 0.3) is 0 Å². The quantitative estimate of drug-likeness (QED) is 0.155. The molecule has 0 saturated carbocycles. The van der Waals surface area contributed by atoms with Crippen molar-refractivity contribution in [1.29, 1.82) is 0 Å². The van der Waals surface area contributed by atoms with E-state index in [4.69, 9.17) is 14.5 Å². The van der Waals surface area contributed by atoms with E-state index in [-0.39, 0.29) is 29.9 Å². The van der Waals surface area contributed by atoms with Crippen molar-refractivity contribution in [3.8, 4) is 0 Å². The van der Waals surface area contributed by atoms with Crippen LogP contribution in [0, 0.1) is 0 Å². The molecule has 0 aromatic rings. The first-order chi connectivity index (χ1) is 13.7. The van der Waals surface area contributed by atoms with Gasteiger partial charge in [-0.15, -0.1) is 24.0 Å². The molecular formula is C21H40IN3O4. The number of hydrogen-bond donors (Lipinski definition) is 1. The first kappa shape index (κ1) is 26.4. The normalized spacial score (nSPS) is 20.8. The van der Waals surface area contributed by atoms with E-state index in [0.717, 1.165) is 83.9 Å². The second-order valence-electron chi connectivity index (χ2n) is 7.63. The van der Waals surface area contributed by atoms with Crippen LogP contribution in [-0.2, 0) is 19.0 Å². The monoisotopic (exact) mass is 525 g/mol. The third-order valence-corrected chi connectivity index (χ3v) is 5.40. The predicted octanol–water partition coefficient (Wildman–Crippen LogP) is 3.35. The van der Waals surface area contributed by atoms with Crippen LogP contribution in [0.1, 0.15) is 64.7 Å². The number of rotatable bonds is 10. The van der Waals surface area contributed by atoms with Gasteiger partial charge in [0.15, 0.2) is 5.96 Å². The molecule has 0 aromatic carbocycles. The zero-order valence-corrected chi connectivity index (χ0v) is 20.5. The van der Waals surface area contributed by atoms with Gasteiger partial charge in [-0.25, -0.2) is 0 Å². The number of carbonyl (C=O) groups excluding carboxylic acids is 1. The van der Waals surface area contributed by atoms with E-state index < -0.39 is 0 Å². The van der Waals surface area contributed by atoms with E-state index in [0.29, 0.717) is 18.6 Å². The van der Waals surface area contributed by atoms with E-state index in [1.165, 1.54) is 20.0 Å². The number of halogens is 1. The molecule has 0 aromatic heterocycles. The van der Waals surface area contributed by atoms with E-state index >= 15 is 0 Å². The molecule has 1 atom stereocenters. The number of carbonyl (C=O) groups is 1. The maximum absolute atomic E-state index is 11.1. The lowest BCUT2D eigenvalue weighted by Gasteiger charge is -2.35. The number of nitrogens with zero attached hydrogens (tertiary/aromatic N) is 2. The maximum atomic E-state index is 11.1. The lowest BCUT2D eigenvalue weighted by Crippen LogP contribution is -2.47. The van der Waals surface area contributed by atoms with Crippen LogP contribution in [0.25, 0.3) is 0 Å². The number of esters is 1. The van der Waals surface area contributed by atoms with Crippen molar-refractivity contribution in [2.45, 2.75) is 76.9 Å². The molecule has 2 saturated heterocycles. The Balaban J connectivity index is 0.00000420. The van der Waals surface area contributed by atoms with Gasteiger partial charge < -0.3 is 24.4 Å². The minimum Gasteiger partial charge on any atom is -0.469 e. The Morgan fingerprint density at radius 1 is 1.17 bits per heavy atom. The fraction of sp³-hybridized carbons (Fsp3) is 0.905. The Morgan fingerprint density at radius 3 is 2.62 bits per heavy atom. The zero-order valence-electron chi connectivity index (χ0n) is 18.2. The molecule has 2 fully saturated rings. The fourth-order valence-electron chi connectivity index (χ4n) is 3.69. The number of nitrogens with one attached hydrogen (secondary N) is 1. The summed E-state index contributed by atoms with van der Waals surface area (Å²) in [7, 11) is 1.44. The number of unbranched alkanes of at least 4 members (excludes halogenated alkanes) is 2. The Hall–Kier alpha value is -0.610. The van der Waals surface area contributed by atoms with Crippen LogP contribution in [0.5, 0.6) is 0 Å². The Bertz CT molecular complexity index is 465. The summed E-state index contributed by atoms with van der Waals surface area (Å²) in [6.07, 6.45) is 9.65. The highest BCUT2D eigenvalue weighted by Crippen LogP contribution is 2.18. The highest BCUT2D eigenvalue weighted by Gasteiger charge is 2.23. The largest absolute Gasteiger partial charge is 0.469 e. The molecule has 0 bridgehead atoms. The SMILES string of the molecule is CCNC(=NCCCCCC(=O)OC)N1CCC(OCC2CCCCO2)CC1.I. The average Bonchev–Trinajstić information content (AvgIpc) is 2.74. The molecule has 170 valence electrons. The van der Waals surface area contributed by atoms with Gasteiger partial charge in [0.2, 0.25) is 0 Å². The molecule has 7 nitrogen and oxygen atoms in total. The molecule has 29 heavy (non-hydrogen) atoms. The third kappa shape index (κ3) is 10.8. The summed E-state index contributed by atoms with van der Waals surface area (Å²) in [5, 5.41) is 3.41. The van der Waals surface area contributed by atoms with E-state index in [1.807, 2.05) is 0 Å². The van der Waals surface area contributed by atoms with Crippen molar-refractivity contribution in [3.05, 3.63) is 0 Å². The number of likely N-dealkylation sites (tertiary alicyclic amines) is 1. The summed E-state index contributed by atoms with van der Waals surface area (Å²) in [5.41, 5.74) is 0. The summed E-state index contributed by atoms with van der Waals surface area (Å²) in [6.45, 7) is 7.35. The second-order valence-corrected chi connectivity index (χ2v) is 7.63. The first-order valence-corrected chi connectivity index (χ1v) is 11.1. The standard InChI is InChI=1S/C21H39N3O4.HI/c1-3-22-21(23-13-7-4-5-10-20(25)26-2)24-14-11-18(12-15-24)28-17-19-9-6-8-16-27-19;/h18-19H,3-17H2,1-2H3,(H,22,23);1H. The zero-order chi connectivity index (χ0) is 20.0. The average molecular weight is 525 g/mol. The first-order valence-electron chi connectivity index (χ1n) is 11.1. The summed E-state index contributed by atoms with van der Waals surface area (Å²) < 4.78 is 16.5. The molecular weight excluding hydrogens is 485 g/mol. The second kappa shape index (κ2) is 16.1. The Morgan fingerprint density at radius 2 is 1.97 bits per heavy atom. The van der Waals surface area contributed by atoms with Gasteiger partial charge in [-0.1, -0.05) is 6.42 Å². The minimum atomic E-state index is -0.128. The van der Waals surface area contributed by atoms with Crippen LogP contribution in [0.4, 0.5) is 0 Å². The fourth-order valence-corrected chi connectivity index (χ4v) is 3.69. The van der Waals surface area contributed by atoms with Gasteiger partial charge in [-0.3, -0.25) is 9.79 Å². The minimum absolute atomic E-state index is 0. The molecule has 2 aliphatic heterocycles. The van der Waals surface area contributed by atoms with Crippen molar-refractivity contribution in [1.82, 2.24) is 10.2 Å². The molecule has 2 aliphatic rings. The smallest absolute Gasteiger partial charge is 0.305 e. The molecule has 2 heterocycles. The number of guanidine groups is 1. The Kier molecular flexibility index (Phi) is 14.7. The van der Waals surface area contributed by atoms with Crippen LogP contribution in [0.2, 0.25) is 0 Å². The third-order valence-electron chi connectivity index (χ3n) is 5.40. The van der Waals surface area contributed by atoms with Crippen molar-refractivity contribution < 1.29 is 19.0 Å². The van der Waals surface area contributed by atoms with Crippen LogP contribution in [0.3, 0.4) is 0 Å². The summed E-state index contributed by atoms with van der Waals surface area (Å²) in [4.78, 5) is 18.2. The predicted molar refractivity (Wildman–Crippen MR) is 126 cm³/mol. The lowest BCUT2D eigenvalue weighted by atomic mass is 10.1. The summed E-state index contributed by atoms with van der Waals surface area (Å²) in [6, 6.07) is 0. The lowest BCUT2D eigenvalue weighted by molar-refractivity contribution is -0.140. The molecule has 0 radical (unpaired) electrons. The van der Waals surface area contributed by atoms with Crippen LogP contribution < -0.4 is 5.32 Å². The van der Waals surface area contributed by atoms with Gasteiger partial charge in [0, 0.05) is 39.2 Å². The molecule has 0 amide bonds. The van der Waals surface area contributed by atoms with Crippen LogP contribution in [-0.4, -0.2) is 75.5 Å². The van der Waals surface area contributed by atoms with Crippen molar-refractivity contribution in [2.24, 2.45) is 4.99 Å². The van der Waals surface area contributed by atoms with E-state index in [2.05, 4.69) is 21.9 Å². The maximum Gasteiger partial charge on any atom is 0.305 e. The number of aliphatic imine (C=N–C) groups is 1. The number of hydrogen-bond acceptors (Lipinski definition) is 5. The van der Waals surface area contributed by atoms with Crippen molar-refractivity contribution in [2.75, 3.05) is 46.5 Å². The van der Waals surface area contributed by atoms with E-state index in [1.54, 1.807) is 0 Å². The van der Waals surface area contributed by atoms with Crippen molar-refractivity contribution in [3.63, 3.8) is 0 Å². The van der Waals surface area contributed by atoms with E-state index in [9.17, 15) is 4.79 Å². The highest BCUT2D eigenvalue weighted by molar-refractivity contribution is 14.0. The van der Waals surface area contributed by atoms with Gasteiger partial charge in [-0.2, -0.15) is 0 Å². The van der Waals surface area contributed by atoms with Gasteiger partial charge in [-0.05, 0) is 51.9 Å². The number of piperidine rings is 1. The molecule has 1 unspecified atom stereocenters. The number of methoxy groups -OCH3 is 1. The molecule has 2 rings (SSSR count). The van der Waals surface area contributed by atoms with Gasteiger partial charge in [0.05, 0.1) is 25.9 Å². The highest BCUT2D eigenvalue weighted by atomic mass is 127. The summed E-state index contributed by atoms with van der Waals surface area (Å²) in [5.74, 6) is 0.876. The molecule has 0 aliphatic carbocycles.